The third-order valence-corrected chi connectivity index (χ3v) is 2.56. The van der Waals surface area contributed by atoms with E-state index in [1.54, 1.807) is 0 Å². The van der Waals surface area contributed by atoms with Gasteiger partial charge in [-0.3, -0.25) is 0 Å². The highest BCUT2D eigenvalue weighted by atomic mass is 16.5. The first kappa shape index (κ1) is 16.6. The number of rotatable bonds is 9. The van der Waals surface area contributed by atoms with Gasteiger partial charge < -0.3 is 14.4 Å². The molecular formula is C13H23NO4. The first-order chi connectivity index (χ1) is 8.63. The molecule has 5 nitrogen and oxygen atoms in total. The highest BCUT2D eigenvalue weighted by Crippen LogP contribution is 1.96. The van der Waals surface area contributed by atoms with Crippen LogP contribution in [0.3, 0.4) is 0 Å². The van der Waals surface area contributed by atoms with E-state index in [9.17, 15) is 9.59 Å². The molecule has 104 valence electrons. The minimum atomic E-state index is -0.562. The van der Waals surface area contributed by atoms with Crippen molar-refractivity contribution in [2.45, 2.75) is 26.7 Å². The fourth-order valence-corrected chi connectivity index (χ4v) is 1.40. The maximum atomic E-state index is 11.1. The Morgan fingerprint density at radius 1 is 1.06 bits per heavy atom. The van der Waals surface area contributed by atoms with Gasteiger partial charge in [0.25, 0.3) is 0 Å². The second kappa shape index (κ2) is 10.8. The molecule has 0 amide bonds. The Bertz CT molecular complexity index is 272. The monoisotopic (exact) mass is 257 g/mol. The van der Waals surface area contributed by atoms with Gasteiger partial charge in [-0.15, -0.1) is 0 Å². The van der Waals surface area contributed by atoms with E-state index in [1.165, 1.54) is 7.11 Å². The minimum Gasteiger partial charge on any atom is -0.466 e. The van der Waals surface area contributed by atoms with Crippen molar-refractivity contribution in [2.75, 3.05) is 33.4 Å². The number of esters is 2. The van der Waals surface area contributed by atoms with Crippen LogP contribution in [0.25, 0.3) is 0 Å². The Kier molecular flexibility index (Phi) is 9.96. The van der Waals surface area contributed by atoms with Gasteiger partial charge in [-0.05, 0) is 32.5 Å². The summed E-state index contributed by atoms with van der Waals surface area (Å²) in [6, 6.07) is 0. The molecule has 18 heavy (non-hydrogen) atoms. The van der Waals surface area contributed by atoms with Gasteiger partial charge in [0.1, 0.15) is 0 Å². The first-order valence-electron chi connectivity index (χ1n) is 6.29. The highest BCUT2D eigenvalue weighted by molar-refractivity contribution is 5.91. The van der Waals surface area contributed by atoms with E-state index in [-0.39, 0.29) is 0 Å². The van der Waals surface area contributed by atoms with Crippen LogP contribution in [0.15, 0.2) is 12.2 Å². The van der Waals surface area contributed by atoms with Crippen molar-refractivity contribution >= 4 is 11.9 Å². The Balaban J connectivity index is 3.57. The van der Waals surface area contributed by atoms with E-state index < -0.39 is 11.9 Å². The van der Waals surface area contributed by atoms with E-state index in [0.717, 1.165) is 44.6 Å². The lowest BCUT2D eigenvalue weighted by Gasteiger charge is -2.17. The molecule has 0 saturated heterocycles. The van der Waals surface area contributed by atoms with Crippen molar-refractivity contribution in [3.8, 4) is 0 Å². The predicted molar refractivity (Wildman–Crippen MR) is 69.1 cm³/mol. The van der Waals surface area contributed by atoms with Gasteiger partial charge in [-0.1, -0.05) is 13.8 Å². The Morgan fingerprint density at radius 2 is 1.67 bits per heavy atom. The van der Waals surface area contributed by atoms with Crippen molar-refractivity contribution in [1.82, 2.24) is 4.90 Å². The minimum absolute atomic E-state index is 0.381. The van der Waals surface area contributed by atoms with Crippen LogP contribution in [-0.4, -0.2) is 50.2 Å². The lowest BCUT2D eigenvalue weighted by molar-refractivity contribution is -0.139. The zero-order valence-corrected chi connectivity index (χ0v) is 11.5. The summed E-state index contributed by atoms with van der Waals surface area (Å²) in [5, 5.41) is 0. The number of hydrogen-bond donors (Lipinski definition) is 0. The molecule has 0 saturated carbocycles. The Hall–Kier alpha value is -1.36. The van der Waals surface area contributed by atoms with Crippen molar-refractivity contribution in [1.29, 1.82) is 0 Å². The van der Waals surface area contributed by atoms with Gasteiger partial charge in [-0.2, -0.15) is 0 Å². The lowest BCUT2D eigenvalue weighted by Crippen LogP contribution is -2.24. The first-order valence-corrected chi connectivity index (χ1v) is 6.29. The molecule has 0 unspecified atom stereocenters. The topological polar surface area (TPSA) is 55.8 Å². The number of unbranched alkanes of at least 4 members (excludes halogenated alkanes) is 1. The Labute approximate surface area is 109 Å². The maximum absolute atomic E-state index is 11.1. The van der Waals surface area contributed by atoms with Crippen LogP contribution < -0.4 is 0 Å². The van der Waals surface area contributed by atoms with Crippen LogP contribution in [-0.2, 0) is 19.1 Å². The van der Waals surface area contributed by atoms with Crippen LogP contribution >= 0.6 is 0 Å². The van der Waals surface area contributed by atoms with E-state index in [2.05, 4.69) is 23.5 Å². The molecule has 0 aromatic carbocycles. The van der Waals surface area contributed by atoms with Crippen LogP contribution in [0.5, 0.6) is 0 Å². The molecule has 0 N–H and O–H groups in total. The summed E-state index contributed by atoms with van der Waals surface area (Å²) in [5.74, 6) is -1.07. The molecule has 0 rings (SSSR count). The smallest absolute Gasteiger partial charge is 0.331 e. The molecule has 0 atom stereocenters. The van der Waals surface area contributed by atoms with Gasteiger partial charge in [0.15, 0.2) is 0 Å². The molecule has 0 aromatic heterocycles. The zero-order valence-electron chi connectivity index (χ0n) is 11.5. The molecule has 0 aliphatic heterocycles. The molecule has 0 aromatic rings. The SMILES string of the molecule is CCN(CC)CCCCOC(=O)/C=C/C(=O)OC. The maximum Gasteiger partial charge on any atom is 0.331 e. The van der Waals surface area contributed by atoms with E-state index >= 15 is 0 Å². The van der Waals surface area contributed by atoms with E-state index in [1.807, 2.05) is 0 Å². The van der Waals surface area contributed by atoms with Crippen LogP contribution in [0, 0.1) is 0 Å². The standard InChI is InChI=1S/C13H23NO4/c1-4-14(5-2)10-6-7-11-18-13(16)9-8-12(15)17-3/h8-9H,4-7,10-11H2,1-3H3/b9-8+. The largest absolute Gasteiger partial charge is 0.466 e. The van der Waals surface area contributed by atoms with Crippen molar-refractivity contribution in [2.24, 2.45) is 0 Å². The second-order valence-corrected chi connectivity index (χ2v) is 3.76. The van der Waals surface area contributed by atoms with Gasteiger partial charge >= 0.3 is 11.9 Å². The average Bonchev–Trinajstić information content (AvgIpc) is 2.40. The average molecular weight is 257 g/mol. The molecule has 0 fully saturated rings. The number of hydrogen-bond acceptors (Lipinski definition) is 5. The second-order valence-electron chi connectivity index (χ2n) is 3.76. The number of carbonyl (C=O) groups is 2. The fraction of sp³-hybridized carbons (Fsp3) is 0.692. The van der Waals surface area contributed by atoms with Gasteiger partial charge in [0.2, 0.25) is 0 Å². The third-order valence-electron chi connectivity index (χ3n) is 2.56. The number of methoxy groups -OCH3 is 1. The third kappa shape index (κ3) is 8.75. The summed E-state index contributed by atoms with van der Waals surface area (Å²) in [6.45, 7) is 7.73. The summed E-state index contributed by atoms with van der Waals surface area (Å²) in [7, 11) is 1.26. The van der Waals surface area contributed by atoms with E-state index in [4.69, 9.17) is 4.74 Å². The zero-order chi connectivity index (χ0) is 13.8. The van der Waals surface area contributed by atoms with E-state index in [0.29, 0.717) is 6.61 Å². The summed E-state index contributed by atoms with van der Waals surface area (Å²) >= 11 is 0. The Morgan fingerprint density at radius 3 is 2.22 bits per heavy atom. The van der Waals surface area contributed by atoms with Crippen LogP contribution in [0.2, 0.25) is 0 Å². The molecule has 0 radical (unpaired) electrons. The van der Waals surface area contributed by atoms with Gasteiger partial charge in [-0.25, -0.2) is 9.59 Å². The fourth-order valence-electron chi connectivity index (χ4n) is 1.40. The molecule has 0 heterocycles. The van der Waals surface area contributed by atoms with Crippen LogP contribution in [0.1, 0.15) is 26.7 Å². The summed E-state index contributed by atoms with van der Waals surface area (Å²) in [4.78, 5) is 24.2. The number of nitrogens with zero attached hydrogens (tertiary/aromatic N) is 1. The molecule has 5 heteroatoms. The highest BCUT2D eigenvalue weighted by Gasteiger charge is 2.01. The molecule has 0 spiro atoms. The molecule has 0 aliphatic carbocycles. The predicted octanol–water partition coefficient (Wildman–Crippen LogP) is 1.38. The van der Waals surface area contributed by atoms with Crippen LogP contribution in [0.4, 0.5) is 0 Å². The number of carbonyl (C=O) groups excluding carboxylic acids is 2. The summed E-state index contributed by atoms with van der Waals surface area (Å²) in [5.41, 5.74) is 0. The quantitative estimate of drug-likeness (QED) is 0.355. The normalized spacial score (nSPS) is 10.9. The molecule has 0 bridgehead atoms. The van der Waals surface area contributed by atoms with Crippen molar-refractivity contribution < 1.29 is 19.1 Å². The molecule has 0 aliphatic rings. The summed E-state index contributed by atoms with van der Waals surface area (Å²) in [6.07, 6.45) is 3.96. The number of ether oxygens (including phenoxy) is 2. The summed E-state index contributed by atoms with van der Waals surface area (Å²) < 4.78 is 9.29. The molecular weight excluding hydrogens is 234 g/mol. The van der Waals surface area contributed by atoms with Gasteiger partial charge in [0, 0.05) is 12.2 Å². The van der Waals surface area contributed by atoms with Crippen molar-refractivity contribution in [3.05, 3.63) is 12.2 Å². The lowest BCUT2D eigenvalue weighted by atomic mass is 10.3. The van der Waals surface area contributed by atoms with Crippen molar-refractivity contribution in [3.63, 3.8) is 0 Å². The van der Waals surface area contributed by atoms with Gasteiger partial charge in [0.05, 0.1) is 13.7 Å².